The van der Waals surface area contributed by atoms with Gasteiger partial charge in [-0.1, -0.05) is 19.3 Å². The van der Waals surface area contributed by atoms with E-state index in [2.05, 4.69) is 15.6 Å². The Hall–Kier alpha value is -2.97. The van der Waals surface area contributed by atoms with Crippen molar-refractivity contribution in [3.63, 3.8) is 0 Å². The summed E-state index contributed by atoms with van der Waals surface area (Å²) in [6, 6.07) is 4.81. The predicted molar refractivity (Wildman–Crippen MR) is 107 cm³/mol. The number of carbonyl (C=O) groups is 2. The zero-order valence-corrected chi connectivity index (χ0v) is 16.7. The summed E-state index contributed by atoms with van der Waals surface area (Å²) in [7, 11) is 0. The Morgan fingerprint density at radius 1 is 1.17 bits per heavy atom. The van der Waals surface area contributed by atoms with Gasteiger partial charge >= 0.3 is 6.03 Å². The van der Waals surface area contributed by atoms with Crippen molar-refractivity contribution in [2.45, 2.75) is 38.5 Å². The number of nitrogens with zero attached hydrogens (tertiary/aromatic N) is 2. The van der Waals surface area contributed by atoms with E-state index in [4.69, 9.17) is 4.42 Å². The maximum absolute atomic E-state index is 13.0. The largest absolute Gasteiger partial charge is 0.459 e. The molecule has 1 saturated heterocycles. The van der Waals surface area contributed by atoms with Crippen LogP contribution in [-0.4, -0.2) is 41.5 Å². The second kappa shape index (κ2) is 10.7. The van der Waals surface area contributed by atoms with Crippen molar-refractivity contribution in [2.24, 2.45) is 5.92 Å². The number of amides is 3. The highest BCUT2D eigenvalue weighted by atomic mass is 19.1. The van der Waals surface area contributed by atoms with Crippen LogP contribution in [-0.2, 0) is 0 Å². The van der Waals surface area contributed by atoms with Gasteiger partial charge in [0.25, 0.3) is 5.91 Å². The topological polar surface area (TPSA) is 87.5 Å². The minimum Gasteiger partial charge on any atom is -0.459 e. The lowest BCUT2D eigenvalue weighted by molar-refractivity contribution is 0.0754. The fourth-order valence-corrected chi connectivity index (χ4v) is 3.63. The average Bonchev–Trinajstić information content (AvgIpc) is 3.38. The van der Waals surface area contributed by atoms with Gasteiger partial charge in [0.2, 0.25) is 11.9 Å². The summed E-state index contributed by atoms with van der Waals surface area (Å²) < 4.78 is 31.2. The molecule has 2 aromatic rings. The maximum Gasteiger partial charge on any atom is 0.319 e. The van der Waals surface area contributed by atoms with Crippen molar-refractivity contribution in [3.8, 4) is 0 Å². The van der Waals surface area contributed by atoms with Gasteiger partial charge in [-0.15, -0.1) is 0 Å². The molecule has 0 saturated carbocycles. The van der Waals surface area contributed by atoms with Gasteiger partial charge in [0.1, 0.15) is 0 Å². The van der Waals surface area contributed by atoms with Crippen LogP contribution < -0.4 is 10.6 Å². The molecule has 2 N–H and O–H groups in total. The Bertz CT molecular complexity index is 825. The Labute approximate surface area is 173 Å². The van der Waals surface area contributed by atoms with Crippen molar-refractivity contribution in [1.29, 1.82) is 0 Å². The predicted octanol–water partition coefficient (Wildman–Crippen LogP) is 4.19. The van der Waals surface area contributed by atoms with Crippen molar-refractivity contribution >= 4 is 17.6 Å². The zero-order valence-electron chi connectivity index (χ0n) is 16.7. The van der Waals surface area contributed by atoms with E-state index in [9.17, 15) is 18.4 Å². The molecule has 3 amide bonds. The number of rotatable bonds is 9. The minimum absolute atomic E-state index is 0.0219. The smallest absolute Gasteiger partial charge is 0.319 e. The number of furan rings is 1. The fourth-order valence-electron chi connectivity index (χ4n) is 3.63. The Morgan fingerprint density at radius 3 is 2.67 bits per heavy atom. The lowest BCUT2D eigenvalue weighted by Gasteiger charge is -2.15. The van der Waals surface area contributed by atoms with Crippen molar-refractivity contribution < 1.29 is 22.8 Å². The highest BCUT2D eigenvalue weighted by Crippen LogP contribution is 2.24. The van der Waals surface area contributed by atoms with E-state index in [0.717, 1.165) is 63.7 Å². The Morgan fingerprint density at radius 2 is 1.93 bits per heavy atom. The molecule has 3 heterocycles. The highest BCUT2D eigenvalue weighted by molar-refractivity contribution is 5.91. The van der Waals surface area contributed by atoms with Gasteiger partial charge in [-0.05, 0) is 37.3 Å². The summed E-state index contributed by atoms with van der Waals surface area (Å²) in [5.74, 6) is -1.09. The van der Waals surface area contributed by atoms with Crippen LogP contribution in [0.5, 0.6) is 0 Å². The number of anilines is 1. The first-order valence-electron chi connectivity index (χ1n) is 10.2. The molecule has 0 radical (unpaired) electrons. The normalized spacial score (nSPS) is 15.9. The van der Waals surface area contributed by atoms with E-state index >= 15 is 0 Å². The van der Waals surface area contributed by atoms with Gasteiger partial charge in [0, 0.05) is 31.8 Å². The van der Waals surface area contributed by atoms with E-state index < -0.39 is 17.9 Å². The van der Waals surface area contributed by atoms with Crippen LogP contribution in [0.1, 0.15) is 49.1 Å². The first-order chi connectivity index (χ1) is 14.5. The molecule has 0 spiro atoms. The van der Waals surface area contributed by atoms with Crippen LogP contribution in [0.15, 0.2) is 34.9 Å². The number of unbranched alkanes of at least 4 members (excludes halogenated alkanes) is 3. The molecule has 0 aromatic carbocycles. The average molecular weight is 420 g/mol. The molecule has 1 atom stereocenters. The van der Waals surface area contributed by atoms with Crippen LogP contribution >= 0.6 is 0 Å². The van der Waals surface area contributed by atoms with E-state index in [1.165, 1.54) is 6.26 Å². The summed E-state index contributed by atoms with van der Waals surface area (Å²) in [5.41, 5.74) is 0.0219. The van der Waals surface area contributed by atoms with Crippen LogP contribution in [0.4, 0.5) is 19.3 Å². The second-order valence-corrected chi connectivity index (χ2v) is 7.47. The number of aromatic nitrogens is 1. The molecular formula is C21H26F2N4O3. The summed E-state index contributed by atoms with van der Waals surface area (Å²) in [6.07, 6.45) is 7.53. The first-order valence-corrected chi connectivity index (χ1v) is 10.2. The van der Waals surface area contributed by atoms with Gasteiger partial charge in [-0.2, -0.15) is 13.8 Å². The van der Waals surface area contributed by atoms with Gasteiger partial charge in [-0.25, -0.2) is 4.79 Å². The molecule has 0 bridgehead atoms. The molecule has 0 aliphatic carbocycles. The molecule has 1 aliphatic rings. The molecule has 9 heteroatoms. The monoisotopic (exact) mass is 420 g/mol. The molecule has 1 unspecified atom stereocenters. The van der Waals surface area contributed by atoms with Crippen molar-refractivity contribution in [3.05, 3.63) is 48.2 Å². The molecule has 1 fully saturated rings. The number of hydrogen-bond donors (Lipinski definition) is 2. The molecule has 162 valence electrons. The van der Waals surface area contributed by atoms with Crippen molar-refractivity contribution in [2.75, 3.05) is 25.0 Å². The van der Waals surface area contributed by atoms with Gasteiger partial charge < -0.3 is 20.0 Å². The number of nitrogens with one attached hydrogen (secondary N) is 2. The summed E-state index contributed by atoms with van der Waals surface area (Å²) in [6.45, 7) is 2.03. The molecule has 3 rings (SSSR count). The number of carbonyl (C=O) groups excluding carboxylic acids is 2. The van der Waals surface area contributed by atoms with Crippen LogP contribution in [0.25, 0.3) is 0 Å². The number of urea groups is 1. The number of hydrogen-bond acceptors (Lipinski definition) is 4. The minimum atomic E-state index is -0.985. The third kappa shape index (κ3) is 6.53. The van der Waals surface area contributed by atoms with Crippen molar-refractivity contribution in [1.82, 2.24) is 15.2 Å². The lowest BCUT2D eigenvalue weighted by atomic mass is 10.00. The van der Waals surface area contributed by atoms with E-state index in [0.29, 0.717) is 18.2 Å². The quantitative estimate of drug-likeness (QED) is 0.470. The van der Waals surface area contributed by atoms with Crippen LogP contribution in [0.2, 0.25) is 0 Å². The van der Waals surface area contributed by atoms with Gasteiger partial charge in [0.05, 0.1) is 12.0 Å². The fraction of sp³-hybridized carbons (Fsp3) is 0.476. The van der Waals surface area contributed by atoms with E-state index in [1.807, 2.05) is 4.90 Å². The van der Waals surface area contributed by atoms with E-state index in [-0.39, 0.29) is 11.6 Å². The maximum atomic E-state index is 13.0. The lowest BCUT2D eigenvalue weighted by Crippen LogP contribution is -2.29. The standard InChI is InChI=1S/C21H26F2N4O3/c22-18-12-16(13-19(23)26-18)25-21(29)24-9-4-2-1-3-6-15-8-10-27(14-15)20(28)17-7-5-11-30-17/h5,7,11-13,15H,1-4,6,8-10,14H2,(H2,24,25,26,29). The summed E-state index contributed by atoms with van der Waals surface area (Å²) in [5, 5.41) is 5.04. The second-order valence-electron chi connectivity index (χ2n) is 7.47. The highest BCUT2D eigenvalue weighted by Gasteiger charge is 2.27. The summed E-state index contributed by atoms with van der Waals surface area (Å²) in [4.78, 5) is 28.8. The Kier molecular flexibility index (Phi) is 7.75. The zero-order chi connectivity index (χ0) is 21.3. The van der Waals surface area contributed by atoms with Gasteiger partial charge in [0.15, 0.2) is 5.76 Å². The Balaban J connectivity index is 1.22. The number of pyridine rings is 1. The third-order valence-electron chi connectivity index (χ3n) is 5.15. The first kappa shape index (κ1) is 21.7. The molecule has 1 aliphatic heterocycles. The number of halogens is 2. The molecule has 30 heavy (non-hydrogen) atoms. The molecule has 2 aromatic heterocycles. The van der Waals surface area contributed by atoms with Crippen LogP contribution in [0.3, 0.4) is 0 Å². The third-order valence-corrected chi connectivity index (χ3v) is 5.15. The van der Waals surface area contributed by atoms with Crippen LogP contribution in [0, 0.1) is 17.8 Å². The summed E-state index contributed by atoms with van der Waals surface area (Å²) >= 11 is 0. The molecule has 7 nitrogen and oxygen atoms in total. The van der Waals surface area contributed by atoms with E-state index in [1.54, 1.807) is 12.1 Å². The van der Waals surface area contributed by atoms with Gasteiger partial charge in [-0.3, -0.25) is 4.79 Å². The SMILES string of the molecule is O=C(NCCCCCCC1CCN(C(=O)c2ccco2)C1)Nc1cc(F)nc(F)c1. The molecular weight excluding hydrogens is 394 g/mol. The number of likely N-dealkylation sites (tertiary alicyclic amines) is 1.